The molecule has 0 fully saturated rings. The van der Waals surface area contributed by atoms with Gasteiger partial charge < -0.3 is 10.6 Å². The first kappa shape index (κ1) is 15.5. The molecule has 110 valence electrons. The van der Waals surface area contributed by atoms with E-state index < -0.39 is 0 Å². The number of amides is 1. The molecule has 2 aromatic carbocycles. The smallest absolute Gasteiger partial charge is 0.255 e. The Labute approximate surface area is 131 Å². The minimum atomic E-state index is -0.356. The Kier molecular flexibility index (Phi) is 4.96. The van der Waals surface area contributed by atoms with Crippen molar-refractivity contribution in [2.24, 2.45) is 0 Å². The number of rotatable bonds is 4. The standard InChI is InChI=1S/C16H16BrFN2O/c1-3-19-12-5-6-13(10(2)8-12)16(21)20-15-7-4-11(18)9-14(15)17/h4-9,19H,3H2,1-2H3,(H,20,21). The van der Waals surface area contributed by atoms with E-state index in [0.717, 1.165) is 17.8 Å². The second-order valence-electron chi connectivity index (χ2n) is 4.64. The Hall–Kier alpha value is -1.88. The van der Waals surface area contributed by atoms with Gasteiger partial charge in [0.1, 0.15) is 5.82 Å². The molecule has 1 amide bonds. The second-order valence-corrected chi connectivity index (χ2v) is 5.49. The molecule has 0 radical (unpaired) electrons. The normalized spacial score (nSPS) is 10.3. The number of hydrogen-bond acceptors (Lipinski definition) is 2. The molecular formula is C16H16BrFN2O. The summed E-state index contributed by atoms with van der Waals surface area (Å²) in [5.41, 5.74) is 2.99. The monoisotopic (exact) mass is 350 g/mol. The van der Waals surface area contributed by atoms with Gasteiger partial charge in [0.2, 0.25) is 0 Å². The fourth-order valence-electron chi connectivity index (χ4n) is 2.01. The van der Waals surface area contributed by atoms with E-state index in [1.807, 2.05) is 26.0 Å². The third kappa shape index (κ3) is 3.82. The Morgan fingerprint density at radius 2 is 2.00 bits per heavy atom. The lowest BCUT2D eigenvalue weighted by atomic mass is 10.1. The third-order valence-electron chi connectivity index (χ3n) is 3.03. The predicted molar refractivity (Wildman–Crippen MR) is 87.4 cm³/mol. The van der Waals surface area contributed by atoms with Crippen LogP contribution in [-0.2, 0) is 0 Å². The predicted octanol–water partition coefficient (Wildman–Crippen LogP) is 4.58. The molecular weight excluding hydrogens is 335 g/mol. The van der Waals surface area contributed by atoms with Gasteiger partial charge in [0.15, 0.2) is 0 Å². The summed E-state index contributed by atoms with van der Waals surface area (Å²) in [7, 11) is 0. The minimum Gasteiger partial charge on any atom is -0.385 e. The maximum Gasteiger partial charge on any atom is 0.255 e. The highest BCUT2D eigenvalue weighted by Gasteiger charge is 2.11. The third-order valence-corrected chi connectivity index (χ3v) is 3.69. The van der Waals surface area contributed by atoms with Crippen LogP contribution in [0.1, 0.15) is 22.8 Å². The van der Waals surface area contributed by atoms with Crippen LogP contribution in [0.4, 0.5) is 15.8 Å². The Bertz CT molecular complexity index is 673. The van der Waals surface area contributed by atoms with Crippen molar-refractivity contribution in [3.05, 3.63) is 57.8 Å². The van der Waals surface area contributed by atoms with Gasteiger partial charge in [-0.05, 0) is 71.7 Å². The van der Waals surface area contributed by atoms with E-state index in [2.05, 4.69) is 26.6 Å². The molecule has 0 heterocycles. The SMILES string of the molecule is CCNc1ccc(C(=O)Nc2ccc(F)cc2Br)c(C)c1. The van der Waals surface area contributed by atoms with Crippen LogP contribution in [0.2, 0.25) is 0 Å². The molecule has 5 heteroatoms. The number of halogens is 2. The molecule has 2 rings (SSSR count). The summed E-state index contributed by atoms with van der Waals surface area (Å²) in [4.78, 5) is 12.3. The molecule has 0 aliphatic carbocycles. The highest BCUT2D eigenvalue weighted by molar-refractivity contribution is 9.10. The fourth-order valence-corrected chi connectivity index (χ4v) is 2.46. The van der Waals surface area contributed by atoms with E-state index in [1.165, 1.54) is 18.2 Å². The van der Waals surface area contributed by atoms with Crippen molar-refractivity contribution in [3.63, 3.8) is 0 Å². The number of nitrogens with one attached hydrogen (secondary N) is 2. The largest absolute Gasteiger partial charge is 0.385 e. The highest BCUT2D eigenvalue weighted by atomic mass is 79.9. The summed E-state index contributed by atoms with van der Waals surface area (Å²) < 4.78 is 13.6. The first-order chi connectivity index (χ1) is 10.0. The number of anilines is 2. The molecule has 0 atom stereocenters. The first-order valence-corrected chi connectivity index (χ1v) is 7.41. The lowest BCUT2D eigenvalue weighted by Crippen LogP contribution is -2.14. The molecule has 0 unspecified atom stereocenters. The average Bonchev–Trinajstić information content (AvgIpc) is 2.42. The van der Waals surface area contributed by atoms with E-state index >= 15 is 0 Å². The molecule has 2 N–H and O–H groups in total. The van der Waals surface area contributed by atoms with Crippen LogP contribution in [0, 0.1) is 12.7 Å². The fraction of sp³-hybridized carbons (Fsp3) is 0.188. The Morgan fingerprint density at radius 3 is 2.62 bits per heavy atom. The summed E-state index contributed by atoms with van der Waals surface area (Å²) in [6, 6.07) is 9.72. The molecule has 0 aromatic heterocycles. The lowest BCUT2D eigenvalue weighted by molar-refractivity contribution is 0.102. The van der Waals surface area contributed by atoms with Crippen LogP contribution in [-0.4, -0.2) is 12.5 Å². The molecule has 21 heavy (non-hydrogen) atoms. The zero-order chi connectivity index (χ0) is 15.4. The van der Waals surface area contributed by atoms with Crippen molar-refractivity contribution in [1.82, 2.24) is 0 Å². The van der Waals surface area contributed by atoms with Crippen LogP contribution in [0.5, 0.6) is 0 Å². The summed E-state index contributed by atoms with van der Waals surface area (Å²) in [5, 5.41) is 5.97. The topological polar surface area (TPSA) is 41.1 Å². The zero-order valence-electron chi connectivity index (χ0n) is 11.8. The van der Waals surface area contributed by atoms with Crippen LogP contribution >= 0.6 is 15.9 Å². The molecule has 0 spiro atoms. The van der Waals surface area contributed by atoms with Crippen molar-refractivity contribution in [2.45, 2.75) is 13.8 Å². The number of carbonyl (C=O) groups is 1. The van der Waals surface area contributed by atoms with Gasteiger partial charge in [-0.25, -0.2) is 4.39 Å². The second kappa shape index (κ2) is 6.72. The van der Waals surface area contributed by atoms with Crippen molar-refractivity contribution in [1.29, 1.82) is 0 Å². The van der Waals surface area contributed by atoms with Crippen molar-refractivity contribution in [3.8, 4) is 0 Å². The molecule has 0 saturated heterocycles. The summed E-state index contributed by atoms with van der Waals surface area (Å²) >= 11 is 3.23. The van der Waals surface area contributed by atoms with Gasteiger partial charge in [0.25, 0.3) is 5.91 Å². The Balaban J connectivity index is 2.20. The van der Waals surface area contributed by atoms with Gasteiger partial charge in [0.05, 0.1) is 5.69 Å². The van der Waals surface area contributed by atoms with E-state index in [4.69, 9.17) is 0 Å². The maximum absolute atomic E-state index is 13.0. The van der Waals surface area contributed by atoms with E-state index in [9.17, 15) is 9.18 Å². The summed E-state index contributed by atoms with van der Waals surface area (Å²) in [6.07, 6.45) is 0. The van der Waals surface area contributed by atoms with Gasteiger partial charge in [-0.15, -0.1) is 0 Å². The van der Waals surface area contributed by atoms with Crippen molar-refractivity contribution >= 4 is 33.2 Å². The quantitative estimate of drug-likeness (QED) is 0.847. The number of benzene rings is 2. The van der Waals surface area contributed by atoms with Crippen molar-refractivity contribution < 1.29 is 9.18 Å². The molecule has 0 aliphatic rings. The highest BCUT2D eigenvalue weighted by Crippen LogP contribution is 2.24. The first-order valence-electron chi connectivity index (χ1n) is 6.62. The maximum atomic E-state index is 13.0. The van der Waals surface area contributed by atoms with Gasteiger partial charge in [-0.1, -0.05) is 0 Å². The Morgan fingerprint density at radius 1 is 1.24 bits per heavy atom. The number of carbonyl (C=O) groups excluding carboxylic acids is 1. The average molecular weight is 351 g/mol. The molecule has 3 nitrogen and oxygen atoms in total. The van der Waals surface area contributed by atoms with Gasteiger partial charge in [-0.3, -0.25) is 4.79 Å². The van der Waals surface area contributed by atoms with E-state index in [1.54, 1.807) is 6.07 Å². The zero-order valence-corrected chi connectivity index (χ0v) is 13.4. The van der Waals surface area contributed by atoms with E-state index in [-0.39, 0.29) is 11.7 Å². The van der Waals surface area contributed by atoms with Crippen LogP contribution in [0.3, 0.4) is 0 Å². The molecule has 0 bridgehead atoms. The van der Waals surface area contributed by atoms with Crippen LogP contribution < -0.4 is 10.6 Å². The van der Waals surface area contributed by atoms with Gasteiger partial charge >= 0.3 is 0 Å². The van der Waals surface area contributed by atoms with Crippen LogP contribution in [0.15, 0.2) is 40.9 Å². The summed E-state index contributed by atoms with van der Waals surface area (Å²) in [5.74, 6) is -0.575. The molecule has 2 aromatic rings. The van der Waals surface area contributed by atoms with Gasteiger partial charge in [0, 0.05) is 22.3 Å². The van der Waals surface area contributed by atoms with Gasteiger partial charge in [-0.2, -0.15) is 0 Å². The lowest BCUT2D eigenvalue weighted by Gasteiger charge is -2.11. The number of aryl methyl sites for hydroxylation is 1. The molecule has 0 aliphatic heterocycles. The van der Waals surface area contributed by atoms with Crippen LogP contribution in [0.25, 0.3) is 0 Å². The number of hydrogen-bond donors (Lipinski definition) is 2. The molecule has 0 saturated carbocycles. The van der Waals surface area contributed by atoms with Crippen molar-refractivity contribution in [2.75, 3.05) is 17.2 Å². The minimum absolute atomic E-state index is 0.220. The summed E-state index contributed by atoms with van der Waals surface area (Å²) in [6.45, 7) is 4.73. The van der Waals surface area contributed by atoms with E-state index in [0.29, 0.717) is 15.7 Å².